The molecule has 182 valence electrons. The molecule has 0 radical (unpaired) electrons. The smallest absolute Gasteiger partial charge is 0.413 e. The Balaban J connectivity index is 1.69. The van der Waals surface area contributed by atoms with Gasteiger partial charge in [-0.15, -0.1) is 11.8 Å². The molecule has 1 aliphatic rings. The zero-order valence-corrected chi connectivity index (χ0v) is 20.0. The molecule has 2 aromatic rings. The maximum Gasteiger partial charge on any atom is 0.459 e. The Morgan fingerprint density at radius 2 is 2.12 bits per heavy atom. The second kappa shape index (κ2) is 11.5. The molecule has 1 fully saturated rings. The van der Waals surface area contributed by atoms with Gasteiger partial charge in [-0.25, -0.2) is 18.8 Å². The Morgan fingerprint density at radius 3 is 2.79 bits per heavy atom. The molecule has 1 aromatic heterocycles. The van der Waals surface area contributed by atoms with Crippen LogP contribution in [0.3, 0.4) is 0 Å². The molecule has 6 atom stereocenters. The number of nitrogens with zero attached hydrogens (tertiary/aromatic N) is 2. The standard InChI is InChI=1S/C20H28FN4O6PS/c1-3-29-19(26)13(2)24-32(28,31-14-7-5-4-6-8-14)30-12-15-11-16(21)18(33-15)25-10-9-17(22)23-20(25)27/h4-10,13,15-16,18-19,26H,3,11-12H2,1-2H3,(H,24,28)(H2,22,23,27)/t13-,15-,16-,18+,19?,32?/m0/s1. The van der Waals surface area contributed by atoms with Gasteiger partial charge in [0.25, 0.3) is 0 Å². The zero-order valence-electron chi connectivity index (χ0n) is 18.2. The summed E-state index contributed by atoms with van der Waals surface area (Å²) in [6.45, 7) is 3.43. The number of para-hydroxylation sites is 1. The van der Waals surface area contributed by atoms with E-state index in [0.717, 1.165) is 0 Å². The second-order valence-corrected chi connectivity index (χ2v) is 10.5. The number of aliphatic hydroxyl groups is 1. The van der Waals surface area contributed by atoms with Crippen LogP contribution in [0.1, 0.15) is 25.6 Å². The van der Waals surface area contributed by atoms with E-state index in [-0.39, 0.29) is 25.5 Å². The molecule has 3 rings (SSSR count). The summed E-state index contributed by atoms with van der Waals surface area (Å²) in [7, 11) is -3.98. The van der Waals surface area contributed by atoms with Gasteiger partial charge in [0.2, 0.25) is 0 Å². The lowest BCUT2D eigenvalue weighted by Gasteiger charge is -2.26. The third kappa shape index (κ3) is 7.02. The van der Waals surface area contributed by atoms with E-state index >= 15 is 0 Å². The van der Waals surface area contributed by atoms with Crippen LogP contribution in [0, 0.1) is 0 Å². The van der Waals surface area contributed by atoms with Gasteiger partial charge < -0.3 is 20.1 Å². The van der Waals surface area contributed by atoms with Crippen molar-refractivity contribution in [2.24, 2.45) is 0 Å². The van der Waals surface area contributed by atoms with Crippen LogP contribution in [0.25, 0.3) is 0 Å². The van der Waals surface area contributed by atoms with E-state index in [2.05, 4.69) is 10.1 Å². The minimum atomic E-state index is -3.98. The monoisotopic (exact) mass is 502 g/mol. The predicted molar refractivity (Wildman–Crippen MR) is 124 cm³/mol. The van der Waals surface area contributed by atoms with E-state index in [1.807, 2.05) is 0 Å². The maximum absolute atomic E-state index is 14.7. The first-order chi connectivity index (χ1) is 15.7. The largest absolute Gasteiger partial charge is 0.459 e. The van der Waals surface area contributed by atoms with Gasteiger partial charge in [0.05, 0.1) is 12.6 Å². The summed E-state index contributed by atoms with van der Waals surface area (Å²) in [5.74, 6) is 0.356. The summed E-state index contributed by atoms with van der Waals surface area (Å²) >= 11 is 1.18. The molecule has 2 heterocycles. The number of thioether (sulfide) groups is 1. The third-order valence-corrected chi connectivity index (χ3v) is 7.96. The number of aliphatic hydroxyl groups excluding tert-OH is 1. The van der Waals surface area contributed by atoms with Crippen molar-refractivity contribution in [2.45, 2.75) is 49.4 Å². The van der Waals surface area contributed by atoms with Crippen LogP contribution in [0.15, 0.2) is 47.4 Å². The van der Waals surface area contributed by atoms with Crippen LogP contribution in [0.2, 0.25) is 0 Å². The zero-order chi connectivity index (χ0) is 24.0. The summed E-state index contributed by atoms with van der Waals surface area (Å²) in [6, 6.07) is 9.06. The lowest BCUT2D eigenvalue weighted by Crippen LogP contribution is -2.38. The fourth-order valence-corrected chi connectivity index (χ4v) is 6.28. The number of anilines is 1. The van der Waals surface area contributed by atoms with Gasteiger partial charge in [0.1, 0.15) is 23.1 Å². The first-order valence-corrected chi connectivity index (χ1v) is 12.9. The van der Waals surface area contributed by atoms with Crippen LogP contribution in [-0.4, -0.2) is 51.6 Å². The van der Waals surface area contributed by atoms with Gasteiger partial charge in [0.15, 0.2) is 6.29 Å². The van der Waals surface area contributed by atoms with Gasteiger partial charge in [-0.2, -0.15) is 4.98 Å². The maximum atomic E-state index is 14.7. The molecule has 0 aliphatic carbocycles. The van der Waals surface area contributed by atoms with E-state index in [0.29, 0.717) is 5.75 Å². The number of rotatable bonds is 11. The molecular weight excluding hydrogens is 474 g/mol. The molecule has 1 aromatic carbocycles. The van der Waals surface area contributed by atoms with Crippen molar-refractivity contribution < 1.29 is 27.8 Å². The molecule has 2 unspecified atom stereocenters. The lowest BCUT2D eigenvalue weighted by atomic mass is 10.2. The third-order valence-electron chi connectivity index (χ3n) is 4.78. The quantitative estimate of drug-likeness (QED) is 0.311. The summed E-state index contributed by atoms with van der Waals surface area (Å²) in [4.78, 5) is 15.7. The van der Waals surface area contributed by atoms with Gasteiger partial charge in [-0.1, -0.05) is 18.2 Å². The second-order valence-electron chi connectivity index (χ2n) is 7.40. The lowest BCUT2D eigenvalue weighted by molar-refractivity contribution is -0.109. The van der Waals surface area contributed by atoms with Crippen LogP contribution in [0.4, 0.5) is 10.2 Å². The Hall–Kier alpha value is -1.95. The van der Waals surface area contributed by atoms with Crippen LogP contribution >= 0.6 is 19.5 Å². The minimum absolute atomic E-state index is 0.0583. The molecule has 33 heavy (non-hydrogen) atoms. The van der Waals surface area contributed by atoms with Crippen molar-refractivity contribution >= 4 is 25.3 Å². The minimum Gasteiger partial charge on any atom is -0.413 e. The molecular formula is C20H28FN4O6PS. The summed E-state index contributed by atoms with van der Waals surface area (Å²) in [5, 5.41) is 11.5. The average Bonchev–Trinajstić information content (AvgIpc) is 3.13. The van der Waals surface area contributed by atoms with Crippen LogP contribution in [-0.2, 0) is 13.8 Å². The number of hydrogen-bond acceptors (Lipinski definition) is 9. The Bertz CT molecular complexity index is 1020. The van der Waals surface area contributed by atoms with Gasteiger partial charge >= 0.3 is 13.4 Å². The van der Waals surface area contributed by atoms with Crippen LogP contribution in [0.5, 0.6) is 5.75 Å². The number of hydrogen-bond donors (Lipinski definition) is 3. The first kappa shape index (κ1) is 25.7. The van der Waals surface area contributed by atoms with E-state index in [1.54, 1.807) is 44.2 Å². The van der Waals surface area contributed by atoms with Crippen molar-refractivity contribution in [1.29, 1.82) is 0 Å². The summed E-state index contributed by atoms with van der Waals surface area (Å²) in [5.41, 5.74) is 4.86. The Morgan fingerprint density at radius 1 is 1.39 bits per heavy atom. The van der Waals surface area contributed by atoms with E-state index in [1.165, 1.54) is 28.6 Å². The number of benzene rings is 1. The van der Waals surface area contributed by atoms with Crippen LogP contribution < -0.4 is 21.0 Å². The number of ether oxygens (including phenoxy) is 1. The fourth-order valence-electron chi connectivity index (χ4n) is 3.19. The highest BCUT2D eigenvalue weighted by atomic mass is 32.2. The number of nitrogens with two attached hydrogens (primary N) is 1. The van der Waals surface area contributed by atoms with Gasteiger partial charge in [-0.05, 0) is 38.5 Å². The molecule has 10 nitrogen and oxygen atoms in total. The Labute approximate surface area is 195 Å². The fraction of sp³-hybridized carbons (Fsp3) is 0.500. The number of nitrogen functional groups attached to an aromatic ring is 1. The van der Waals surface area contributed by atoms with Gasteiger partial charge in [-0.3, -0.25) is 9.09 Å². The first-order valence-electron chi connectivity index (χ1n) is 10.4. The molecule has 0 amide bonds. The molecule has 13 heteroatoms. The summed E-state index contributed by atoms with van der Waals surface area (Å²) < 4.78 is 45.8. The average molecular weight is 503 g/mol. The van der Waals surface area contributed by atoms with E-state index in [4.69, 9.17) is 19.5 Å². The van der Waals surface area contributed by atoms with E-state index < -0.39 is 42.6 Å². The number of aromatic nitrogens is 2. The summed E-state index contributed by atoms with van der Waals surface area (Å²) in [6.07, 6.45) is -1.10. The van der Waals surface area contributed by atoms with Crippen molar-refractivity contribution in [3.8, 4) is 5.75 Å². The molecule has 0 bridgehead atoms. The topological polar surface area (TPSA) is 138 Å². The molecule has 4 N–H and O–H groups in total. The van der Waals surface area contributed by atoms with Crippen molar-refractivity contribution in [2.75, 3.05) is 18.9 Å². The molecule has 1 saturated heterocycles. The highest BCUT2D eigenvalue weighted by Gasteiger charge is 2.40. The number of halogens is 1. The highest BCUT2D eigenvalue weighted by Crippen LogP contribution is 2.48. The predicted octanol–water partition coefficient (Wildman–Crippen LogP) is 2.70. The molecule has 1 aliphatic heterocycles. The highest BCUT2D eigenvalue weighted by molar-refractivity contribution is 8.00. The van der Waals surface area contributed by atoms with Crippen molar-refractivity contribution in [3.05, 3.63) is 53.1 Å². The SMILES string of the molecule is CCOC(O)[C@H](C)NP(=O)(OC[C@@H]1C[C@H](F)[C@H](n2ccc(N)nc2=O)S1)Oc1ccccc1. The Kier molecular flexibility index (Phi) is 8.91. The van der Waals surface area contributed by atoms with Crippen molar-refractivity contribution in [1.82, 2.24) is 14.6 Å². The van der Waals surface area contributed by atoms with Crippen molar-refractivity contribution in [3.63, 3.8) is 0 Å². The van der Waals surface area contributed by atoms with E-state index in [9.17, 15) is 18.9 Å². The number of alkyl halides is 1. The molecule has 0 saturated carbocycles. The number of nitrogens with one attached hydrogen (secondary N) is 1. The van der Waals surface area contributed by atoms with Gasteiger partial charge in [0, 0.05) is 18.1 Å². The normalized spacial score (nSPS) is 24.2. The molecule has 0 spiro atoms.